The third-order valence-corrected chi connectivity index (χ3v) is 3.21. The zero-order valence-corrected chi connectivity index (χ0v) is 9.51. The molecule has 0 aromatic heterocycles. The number of urea groups is 1. The molecule has 1 aliphatic carbocycles. The minimum atomic E-state index is -0.129. The van der Waals surface area contributed by atoms with Crippen LogP contribution in [0.2, 0.25) is 0 Å². The molecule has 3 N–H and O–H groups in total. The SMILES string of the molecule is CCNC(=O)NCC1(CO)CCCCC1. The summed E-state index contributed by atoms with van der Waals surface area (Å²) in [6.45, 7) is 3.30. The van der Waals surface area contributed by atoms with Crippen molar-refractivity contribution >= 4 is 6.03 Å². The van der Waals surface area contributed by atoms with Gasteiger partial charge in [-0.25, -0.2) is 4.79 Å². The number of aliphatic hydroxyl groups is 1. The molecule has 0 aromatic carbocycles. The van der Waals surface area contributed by atoms with Gasteiger partial charge in [0, 0.05) is 18.5 Å². The molecule has 4 heteroatoms. The van der Waals surface area contributed by atoms with E-state index in [0.717, 1.165) is 25.7 Å². The number of hydrogen-bond acceptors (Lipinski definition) is 2. The molecule has 1 aliphatic rings. The van der Waals surface area contributed by atoms with Crippen molar-refractivity contribution in [3.8, 4) is 0 Å². The summed E-state index contributed by atoms with van der Waals surface area (Å²) >= 11 is 0. The van der Waals surface area contributed by atoms with Gasteiger partial charge in [0.05, 0.1) is 6.61 Å². The Bertz CT molecular complexity index is 201. The van der Waals surface area contributed by atoms with Crippen molar-refractivity contribution in [2.75, 3.05) is 19.7 Å². The predicted molar refractivity (Wildman–Crippen MR) is 59.7 cm³/mol. The molecule has 1 saturated carbocycles. The first-order valence-electron chi connectivity index (χ1n) is 5.85. The smallest absolute Gasteiger partial charge is 0.314 e. The summed E-state index contributed by atoms with van der Waals surface area (Å²) in [6.07, 6.45) is 5.63. The first-order chi connectivity index (χ1) is 7.22. The summed E-state index contributed by atoms with van der Waals surface area (Å²) in [7, 11) is 0. The molecule has 88 valence electrons. The molecule has 0 radical (unpaired) electrons. The van der Waals surface area contributed by atoms with Crippen LogP contribution in [0.5, 0.6) is 0 Å². The average molecular weight is 214 g/mol. The molecule has 0 aliphatic heterocycles. The van der Waals surface area contributed by atoms with E-state index < -0.39 is 0 Å². The minimum Gasteiger partial charge on any atom is -0.396 e. The van der Waals surface area contributed by atoms with E-state index in [1.165, 1.54) is 6.42 Å². The first kappa shape index (κ1) is 12.3. The Hall–Kier alpha value is -0.770. The molecule has 0 aromatic rings. The molecule has 0 saturated heterocycles. The van der Waals surface area contributed by atoms with Crippen LogP contribution in [0, 0.1) is 5.41 Å². The van der Waals surface area contributed by atoms with Crippen LogP contribution in [0.25, 0.3) is 0 Å². The highest BCUT2D eigenvalue weighted by atomic mass is 16.3. The number of aliphatic hydroxyl groups excluding tert-OH is 1. The lowest BCUT2D eigenvalue weighted by Gasteiger charge is -2.35. The average Bonchev–Trinajstić information content (AvgIpc) is 2.28. The first-order valence-corrected chi connectivity index (χ1v) is 5.85. The second-order valence-corrected chi connectivity index (χ2v) is 4.43. The Morgan fingerprint density at radius 1 is 1.27 bits per heavy atom. The van der Waals surface area contributed by atoms with Crippen LogP contribution < -0.4 is 10.6 Å². The lowest BCUT2D eigenvalue weighted by Crippen LogP contribution is -2.45. The molecule has 0 atom stereocenters. The Balaban J connectivity index is 2.35. The van der Waals surface area contributed by atoms with Crippen LogP contribution in [0.1, 0.15) is 39.0 Å². The molecular weight excluding hydrogens is 192 g/mol. The number of hydrogen-bond donors (Lipinski definition) is 3. The quantitative estimate of drug-likeness (QED) is 0.659. The number of nitrogens with one attached hydrogen (secondary N) is 2. The second kappa shape index (κ2) is 5.95. The molecule has 2 amide bonds. The Kier molecular flexibility index (Phi) is 4.88. The summed E-state index contributed by atoms with van der Waals surface area (Å²) in [4.78, 5) is 11.2. The van der Waals surface area contributed by atoms with Gasteiger partial charge in [-0.3, -0.25) is 0 Å². The standard InChI is InChI=1S/C11H22N2O2/c1-2-12-10(15)13-8-11(9-14)6-4-3-5-7-11/h14H,2-9H2,1H3,(H2,12,13,15). The molecular formula is C11H22N2O2. The highest BCUT2D eigenvalue weighted by Crippen LogP contribution is 2.35. The highest BCUT2D eigenvalue weighted by molar-refractivity contribution is 5.73. The zero-order valence-electron chi connectivity index (χ0n) is 9.51. The number of carbonyl (C=O) groups excluding carboxylic acids is 1. The van der Waals surface area contributed by atoms with Crippen molar-refractivity contribution in [1.29, 1.82) is 0 Å². The molecule has 1 rings (SSSR count). The third-order valence-electron chi connectivity index (χ3n) is 3.21. The molecule has 0 unspecified atom stereocenters. The molecule has 4 nitrogen and oxygen atoms in total. The van der Waals surface area contributed by atoms with E-state index in [9.17, 15) is 9.90 Å². The monoisotopic (exact) mass is 214 g/mol. The lowest BCUT2D eigenvalue weighted by molar-refractivity contribution is 0.0835. The van der Waals surface area contributed by atoms with Gasteiger partial charge in [-0.1, -0.05) is 19.3 Å². The largest absolute Gasteiger partial charge is 0.396 e. The Morgan fingerprint density at radius 3 is 2.47 bits per heavy atom. The predicted octanol–water partition coefficient (Wildman–Crippen LogP) is 1.25. The second-order valence-electron chi connectivity index (χ2n) is 4.43. The van der Waals surface area contributed by atoms with E-state index in [1.807, 2.05) is 6.92 Å². The van der Waals surface area contributed by atoms with E-state index in [-0.39, 0.29) is 18.1 Å². The van der Waals surface area contributed by atoms with Crippen LogP contribution in [-0.4, -0.2) is 30.8 Å². The lowest BCUT2D eigenvalue weighted by atomic mass is 9.74. The minimum absolute atomic E-state index is 0.0661. The van der Waals surface area contributed by atoms with Crippen LogP contribution >= 0.6 is 0 Å². The molecule has 0 spiro atoms. The Labute approximate surface area is 91.4 Å². The summed E-state index contributed by atoms with van der Waals surface area (Å²) in [5.41, 5.74) is -0.0661. The van der Waals surface area contributed by atoms with Crippen LogP contribution in [-0.2, 0) is 0 Å². The van der Waals surface area contributed by atoms with Gasteiger partial charge in [-0.15, -0.1) is 0 Å². The van der Waals surface area contributed by atoms with Crippen molar-refractivity contribution in [2.24, 2.45) is 5.41 Å². The van der Waals surface area contributed by atoms with Gasteiger partial charge in [-0.05, 0) is 19.8 Å². The van der Waals surface area contributed by atoms with Gasteiger partial charge < -0.3 is 15.7 Å². The van der Waals surface area contributed by atoms with Gasteiger partial charge in [0.2, 0.25) is 0 Å². The van der Waals surface area contributed by atoms with E-state index in [2.05, 4.69) is 10.6 Å². The van der Waals surface area contributed by atoms with Crippen LogP contribution in [0.15, 0.2) is 0 Å². The van der Waals surface area contributed by atoms with Gasteiger partial charge in [-0.2, -0.15) is 0 Å². The maximum absolute atomic E-state index is 11.2. The maximum atomic E-state index is 11.2. The van der Waals surface area contributed by atoms with E-state index in [4.69, 9.17) is 0 Å². The molecule has 0 heterocycles. The number of rotatable bonds is 4. The van der Waals surface area contributed by atoms with Crippen molar-refractivity contribution in [3.63, 3.8) is 0 Å². The van der Waals surface area contributed by atoms with Gasteiger partial charge in [0.25, 0.3) is 0 Å². The number of amides is 2. The fourth-order valence-corrected chi connectivity index (χ4v) is 2.18. The van der Waals surface area contributed by atoms with Crippen molar-refractivity contribution in [3.05, 3.63) is 0 Å². The summed E-state index contributed by atoms with van der Waals surface area (Å²) in [5, 5.41) is 14.9. The van der Waals surface area contributed by atoms with E-state index in [1.54, 1.807) is 0 Å². The van der Waals surface area contributed by atoms with Crippen molar-refractivity contribution in [1.82, 2.24) is 10.6 Å². The van der Waals surface area contributed by atoms with Gasteiger partial charge in [0.1, 0.15) is 0 Å². The fraction of sp³-hybridized carbons (Fsp3) is 0.909. The van der Waals surface area contributed by atoms with Gasteiger partial charge in [0.15, 0.2) is 0 Å². The van der Waals surface area contributed by atoms with Crippen LogP contribution in [0.4, 0.5) is 4.79 Å². The van der Waals surface area contributed by atoms with Gasteiger partial charge >= 0.3 is 6.03 Å². The molecule has 0 bridgehead atoms. The topological polar surface area (TPSA) is 61.4 Å². The molecule has 1 fully saturated rings. The number of carbonyl (C=O) groups is 1. The normalized spacial score (nSPS) is 19.6. The van der Waals surface area contributed by atoms with Crippen molar-refractivity contribution < 1.29 is 9.90 Å². The zero-order chi connectivity index (χ0) is 11.1. The molecule has 15 heavy (non-hydrogen) atoms. The maximum Gasteiger partial charge on any atom is 0.314 e. The fourth-order valence-electron chi connectivity index (χ4n) is 2.18. The highest BCUT2D eigenvalue weighted by Gasteiger charge is 2.31. The summed E-state index contributed by atoms with van der Waals surface area (Å²) in [6, 6.07) is -0.129. The van der Waals surface area contributed by atoms with E-state index in [0.29, 0.717) is 13.1 Å². The van der Waals surface area contributed by atoms with E-state index >= 15 is 0 Å². The third kappa shape index (κ3) is 3.70. The van der Waals surface area contributed by atoms with Crippen molar-refractivity contribution in [2.45, 2.75) is 39.0 Å². The Morgan fingerprint density at radius 2 is 1.93 bits per heavy atom. The van der Waals surface area contributed by atoms with Crippen LogP contribution in [0.3, 0.4) is 0 Å². The summed E-state index contributed by atoms with van der Waals surface area (Å²) in [5.74, 6) is 0. The summed E-state index contributed by atoms with van der Waals surface area (Å²) < 4.78 is 0.